The third-order valence-corrected chi connectivity index (χ3v) is 3.72. The summed E-state index contributed by atoms with van der Waals surface area (Å²) in [5, 5.41) is 0. The molecule has 1 amide bonds. The number of aryl methyl sites for hydroxylation is 1. The number of carbonyl (C=O) groups is 1. The van der Waals surface area contributed by atoms with Gasteiger partial charge in [0.25, 0.3) is 5.56 Å². The van der Waals surface area contributed by atoms with Crippen molar-refractivity contribution >= 4 is 5.91 Å². The van der Waals surface area contributed by atoms with Crippen LogP contribution in [0.1, 0.15) is 36.0 Å². The van der Waals surface area contributed by atoms with Crippen LogP contribution in [0.15, 0.2) is 47.4 Å². The van der Waals surface area contributed by atoms with Crippen molar-refractivity contribution in [2.24, 2.45) is 5.73 Å². The molecule has 2 aromatic rings. The zero-order valence-electron chi connectivity index (χ0n) is 12.4. The van der Waals surface area contributed by atoms with Crippen LogP contribution in [0.5, 0.6) is 0 Å². The molecular formula is C17H20N2O2. The van der Waals surface area contributed by atoms with Crippen molar-refractivity contribution in [3.63, 3.8) is 0 Å². The normalized spacial score (nSPS) is 12.1. The molecule has 0 radical (unpaired) electrons. The third-order valence-electron chi connectivity index (χ3n) is 3.72. The Kier molecular flexibility index (Phi) is 4.58. The van der Waals surface area contributed by atoms with Crippen molar-refractivity contribution in [2.45, 2.75) is 32.7 Å². The number of amides is 1. The first-order chi connectivity index (χ1) is 10.0. The molecular weight excluding hydrogens is 264 g/mol. The smallest absolute Gasteiger partial charge is 0.255 e. The molecule has 2 N–H and O–H groups in total. The maximum absolute atomic E-state index is 12.7. The van der Waals surface area contributed by atoms with Crippen molar-refractivity contribution in [2.75, 3.05) is 0 Å². The minimum absolute atomic E-state index is 0.135. The second-order valence-corrected chi connectivity index (χ2v) is 5.19. The van der Waals surface area contributed by atoms with Gasteiger partial charge in [-0.25, -0.2) is 0 Å². The van der Waals surface area contributed by atoms with E-state index >= 15 is 0 Å². The number of nitrogens with two attached hydrogens (primary N) is 1. The number of pyridine rings is 1. The van der Waals surface area contributed by atoms with Gasteiger partial charge >= 0.3 is 0 Å². The van der Waals surface area contributed by atoms with Crippen molar-refractivity contribution in [3.8, 4) is 0 Å². The molecule has 2 rings (SSSR count). The van der Waals surface area contributed by atoms with Crippen LogP contribution < -0.4 is 11.3 Å². The minimum atomic E-state index is -0.527. The molecule has 1 unspecified atom stereocenters. The fourth-order valence-corrected chi connectivity index (χ4v) is 2.56. The van der Waals surface area contributed by atoms with Crippen molar-refractivity contribution in [1.29, 1.82) is 0 Å². The predicted molar refractivity (Wildman–Crippen MR) is 83.2 cm³/mol. The summed E-state index contributed by atoms with van der Waals surface area (Å²) in [5.41, 5.74) is 7.67. The molecule has 1 aromatic carbocycles. The SMILES string of the molecule is CCC(C(N)=O)c1c(C)ccn(Cc2ccccc2)c1=O. The van der Waals surface area contributed by atoms with Gasteiger partial charge in [0.05, 0.1) is 12.5 Å². The summed E-state index contributed by atoms with van der Waals surface area (Å²) >= 11 is 0. The van der Waals surface area contributed by atoms with Gasteiger partial charge in [0.1, 0.15) is 0 Å². The van der Waals surface area contributed by atoms with Gasteiger partial charge in [-0.1, -0.05) is 37.3 Å². The lowest BCUT2D eigenvalue weighted by molar-refractivity contribution is -0.119. The van der Waals surface area contributed by atoms with Gasteiger partial charge < -0.3 is 10.3 Å². The summed E-state index contributed by atoms with van der Waals surface area (Å²) in [5.74, 6) is -0.976. The Balaban J connectivity index is 2.46. The van der Waals surface area contributed by atoms with E-state index in [2.05, 4.69) is 0 Å². The Labute approximate surface area is 124 Å². The molecule has 21 heavy (non-hydrogen) atoms. The highest BCUT2D eigenvalue weighted by molar-refractivity contribution is 5.82. The molecule has 0 fully saturated rings. The molecule has 4 nitrogen and oxygen atoms in total. The van der Waals surface area contributed by atoms with Crippen LogP contribution in [-0.2, 0) is 11.3 Å². The lowest BCUT2D eigenvalue weighted by Crippen LogP contribution is -2.31. The van der Waals surface area contributed by atoms with Gasteiger partial charge in [0.15, 0.2) is 0 Å². The second kappa shape index (κ2) is 6.39. The van der Waals surface area contributed by atoms with E-state index < -0.39 is 11.8 Å². The molecule has 0 bridgehead atoms. The Bertz CT molecular complexity index is 690. The van der Waals surface area contributed by atoms with Crippen LogP contribution in [0.3, 0.4) is 0 Å². The van der Waals surface area contributed by atoms with E-state index in [-0.39, 0.29) is 5.56 Å². The topological polar surface area (TPSA) is 65.1 Å². The van der Waals surface area contributed by atoms with Gasteiger partial charge in [-0.15, -0.1) is 0 Å². The molecule has 0 spiro atoms. The number of nitrogens with zero attached hydrogens (tertiary/aromatic N) is 1. The number of benzene rings is 1. The maximum Gasteiger partial charge on any atom is 0.255 e. The lowest BCUT2D eigenvalue weighted by Gasteiger charge is -2.16. The van der Waals surface area contributed by atoms with Gasteiger partial charge in [0, 0.05) is 11.8 Å². The first kappa shape index (κ1) is 15.0. The van der Waals surface area contributed by atoms with E-state index in [1.807, 2.05) is 50.2 Å². The molecule has 0 saturated carbocycles. The quantitative estimate of drug-likeness (QED) is 0.914. The summed E-state index contributed by atoms with van der Waals surface area (Å²) in [7, 11) is 0. The monoisotopic (exact) mass is 284 g/mol. The highest BCUT2D eigenvalue weighted by Gasteiger charge is 2.22. The Morgan fingerprint density at radius 1 is 1.24 bits per heavy atom. The van der Waals surface area contributed by atoms with E-state index in [0.29, 0.717) is 18.5 Å². The van der Waals surface area contributed by atoms with Gasteiger partial charge in [-0.05, 0) is 30.5 Å². The van der Waals surface area contributed by atoms with E-state index in [9.17, 15) is 9.59 Å². The Hall–Kier alpha value is -2.36. The van der Waals surface area contributed by atoms with Crippen LogP contribution in [0.25, 0.3) is 0 Å². The first-order valence-electron chi connectivity index (χ1n) is 7.07. The zero-order chi connectivity index (χ0) is 15.4. The van der Waals surface area contributed by atoms with Crippen LogP contribution in [0.4, 0.5) is 0 Å². The van der Waals surface area contributed by atoms with Crippen LogP contribution in [-0.4, -0.2) is 10.5 Å². The molecule has 0 aliphatic heterocycles. The molecule has 0 aliphatic carbocycles. The number of carbonyl (C=O) groups excluding carboxylic acids is 1. The number of hydrogen-bond acceptors (Lipinski definition) is 2. The van der Waals surface area contributed by atoms with E-state index in [1.54, 1.807) is 10.8 Å². The molecule has 4 heteroatoms. The molecule has 0 saturated heterocycles. The second-order valence-electron chi connectivity index (χ2n) is 5.19. The number of hydrogen-bond donors (Lipinski definition) is 1. The van der Waals surface area contributed by atoms with Crippen molar-refractivity contribution in [3.05, 3.63) is 69.6 Å². The highest BCUT2D eigenvalue weighted by Crippen LogP contribution is 2.19. The fourth-order valence-electron chi connectivity index (χ4n) is 2.56. The zero-order valence-corrected chi connectivity index (χ0v) is 12.4. The van der Waals surface area contributed by atoms with Gasteiger partial charge in [-0.2, -0.15) is 0 Å². The highest BCUT2D eigenvalue weighted by atomic mass is 16.1. The number of primary amides is 1. The van der Waals surface area contributed by atoms with Crippen LogP contribution in [0, 0.1) is 6.92 Å². The van der Waals surface area contributed by atoms with Crippen LogP contribution in [0.2, 0.25) is 0 Å². The van der Waals surface area contributed by atoms with Gasteiger partial charge in [-0.3, -0.25) is 9.59 Å². The third kappa shape index (κ3) is 3.21. The summed E-state index contributed by atoms with van der Waals surface area (Å²) in [4.78, 5) is 24.2. The standard InChI is InChI=1S/C17H20N2O2/c1-3-14(16(18)20)15-12(2)9-10-19(17(15)21)11-13-7-5-4-6-8-13/h4-10,14H,3,11H2,1-2H3,(H2,18,20). The number of aromatic nitrogens is 1. The van der Waals surface area contributed by atoms with Crippen molar-refractivity contribution in [1.82, 2.24) is 4.57 Å². The lowest BCUT2D eigenvalue weighted by atomic mass is 9.93. The first-order valence-corrected chi connectivity index (χ1v) is 7.07. The molecule has 1 aromatic heterocycles. The summed E-state index contributed by atoms with van der Waals surface area (Å²) < 4.78 is 1.63. The number of rotatable bonds is 5. The Morgan fingerprint density at radius 3 is 2.48 bits per heavy atom. The Morgan fingerprint density at radius 2 is 1.90 bits per heavy atom. The summed E-state index contributed by atoms with van der Waals surface area (Å²) in [6.45, 7) is 4.19. The molecule has 1 heterocycles. The average Bonchev–Trinajstić information content (AvgIpc) is 2.47. The van der Waals surface area contributed by atoms with E-state index in [0.717, 1.165) is 11.1 Å². The fraction of sp³-hybridized carbons (Fsp3) is 0.294. The van der Waals surface area contributed by atoms with Crippen molar-refractivity contribution < 1.29 is 4.79 Å². The van der Waals surface area contributed by atoms with E-state index in [1.165, 1.54) is 0 Å². The summed E-state index contributed by atoms with van der Waals surface area (Å²) in [6, 6.07) is 11.6. The average molecular weight is 284 g/mol. The molecule has 0 aliphatic rings. The largest absolute Gasteiger partial charge is 0.369 e. The van der Waals surface area contributed by atoms with Crippen LogP contribution >= 0.6 is 0 Å². The molecule has 110 valence electrons. The molecule has 1 atom stereocenters. The predicted octanol–water partition coefficient (Wildman–Crippen LogP) is 2.18. The minimum Gasteiger partial charge on any atom is -0.369 e. The van der Waals surface area contributed by atoms with E-state index in [4.69, 9.17) is 5.73 Å². The maximum atomic E-state index is 12.7. The summed E-state index contributed by atoms with van der Waals surface area (Å²) in [6.07, 6.45) is 2.29. The van der Waals surface area contributed by atoms with Gasteiger partial charge in [0.2, 0.25) is 5.91 Å².